The molecule has 0 unspecified atom stereocenters. The number of pyridine rings is 1. The molecule has 2 aromatic carbocycles. The summed E-state index contributed by atoms with van der Waals surface area (Å²) < 4.78 is 6.18. The number of aromatic nitrogens is 1. The molecule has 1 aliphatic rings. The van der Waals surface area contributed by atoms with Crippen molar-refractivity contribution in [2.24, 2.45) is 0 Å². The van der Waals surface area contributed by atoms with Crippen LogP contribution in [0.1, 0.15) is 24.0 Å². The number of rotatable bonds is 4. The quantitative estimate of drug-likeness (QED) is 0.636. The number of nitrogens with zero attached hydrogens (tertiary/aromatic N) is 1. The van der Waals surface area contributed by atoms with Gasteiger partial charge in [0.2, 0.25) is 0 Å². The lowest BCUT2D eigenvalue weighted by molar-refractivity contribution is 0.0970. The zero-order valence-corrected chi connectivity index (χ0v) is 17.2. The lowest BCUT2D eigenvalue weighted by atomic mass is 10.1. The molecular weight excluding hydrogens is 395 g/mol. The molecular formula is C22H22Cl2N2O2. The van der Waals surface area contributed by atoms with E-state index in [1.165, 1.54) is 11.1 Å². The van der Waals surface area contributed by atoms with E-state index in [1.807, 2.05) is 24.3 Å². The van der Waals surface area contributed by atoms with Crippen molar-refractivity contribution in [1.82, 2.24) is 9.88 Å². The zero-order chi connectivity index (χ0) is 19.7. The van der Waals surface area contributed by atoms with Crippen LogP contribution in [0.4, 0.5) is 0 Å². The second kappa shape index (κ2) is 8.16. The molecule has 1 N–H and O–H groups in total. The number of likely N-dealkylation sites (tertiary alicyclic amines) is 1. The predicted molar refractivity (Wildman–Crippen MR) is 115 cm³/mol. The highest BCUT2D eigenvalue weighted by Crippen LogP contribution is 2.31. The minimum atomic E-state index is -0.143. The van der Waals surface area contributed by atoms with E-state index in [-0.39, 0.29) is 11.7 Å². The van der Waals surface area contributed by atoms with Crippen molar-refractivity contribution in [3.05, 3.63) is 74.1 Å². The first-order valence-electron chi connectivity index (χ1n) is 9.44. The Morgan fingerprint density at radius 2 is 1.93 bits per heavy atom. The van der Waals surface area contributed by atoms with Crippen LogP contribution in [0.3, 0.4) is 0 Å². The number of aryl methyl sites for hydroxylation is 1. The molecule has 0 saturated carbocycles. The van der Waals surface area contributed by atoms with Crippen LogP contribution in [-0.4, -0.2) is 29.1 Å². The average Bonchev–Trinajstić information content (AvgIpc) is 2.64. The fourth-order valence-corrected chi connectivity index (χ4v) is 4.33. The van der Waals surface area contributed by atoms with Crippen LogP contribution in [0.25, 0.3) is 10.8 Å². The molecule has 1 fully saturated rings. The molecule has 6 heteroatoms. The average molecular weight is 417 g/mol. The van der Waals surface area contributed by atoms with E-state index in [0.717, 1.165) is 42.9 Å². The van der Waals surface area contributed by atoms with Crippen LogP contribution in [-0.2, 0) is 6.54 Å². The maximum absolute atomic E-state index is 11.9. The largest absolute Gasteiger partial charge is 0.489 e. The second-order valence-electron chi connectivity index (χ2n) is 7.41. The summed E-state index contributed by atoms with van der Waals surface area (Å²) in [5.41, 5.74) is 2.29. The Morgan fingerprint density at radius 1 is 1.14 bits per heavy atom. The van der Waals surface area contributed by atoms with E-state index >= 15 is 0 Å². The van der Waals surface area contributed by atoms with E-state index in [4.69, 9.17) is 27.9 Å². The molecule has 0 aliphatic carbocycles. The molecule has 0 amide bonds. The number of nitrogens with one attached hydrogen (secondary N) is 1. The van der Waals surface area contributed by atoms with Gasteiger partial charge in [0.1, 0.15) is 11.9 Å². The molecule has 3 aromatic rings. The molecule has 1 aromatic heterocycles. The van der Waals surface area contributed by atoms with Gasteiger partial charge in [-0.1, -0.05) is 29.3 Å². The molecule has 1 saturated heterocycles. The lowest BCUT2D eigenvalue weighted by Gasteiger charge is -2.32. The van der Waals surface area contributed by atoms with Crippen molar-refractivity contribution < 1.29 is 4.74 Å². The van der Waals surface area contributed by atoms with Gasteiger partial charge in [0.05, 0.1) is 5.02 Å². The molecule has 0 spiro atoms. The number of hydrogen-bond acceptors (Lipinski definition) is 3. The SMILES string of the molecule is Cc1cc(Cl)cc(CN2CCC(Oc3cc4cc[nH]c(=O)c4cc3Cl)CC2)c1. The van der Waals surface area contributed by atoms with E-state index < -0.39 is 0 Å². The number of aromatic amines is 1. The fourth-order valence-electron chi connectivity index (χ4n) is 3.81. The van der Waals surface area contributed by atoms with E-state index in [1.54, 1.807) is 12.3 Å². The third-order valence-corrected chi connectivity index (χ3v) is 5.68. The van der Waals surface area contributed by atoms with Gasteiger partial charge in [-0.3, -0.25) is 9.69 Å². The van der Waals surface area contributed by atoms with Gasteiger partial charge in [0.15, 0.2) is 0 Å². The van der Waals surface area contributed by atoms with Crippen LogP contribution in [0, 0.1) is 6.92 Å². The molecule has 0 bridgehead atoms. The predicted octanol–water partition coefficient (Wildman–Crippen LogP) is 5.19. The Kier molecular flexibility index (Phi) is 5.63. The van der Waals surface area contributed by atoms with Crippen LogP contribution in [0.2, 0.25) is 10.0 Å². The molecule has 1 aliphatic heterocycles. The highest BCUT2D eigenvalue weighted by molar-refractivity contribution is 6.32. The van der Waals surface area contributed by atoms with Crippen molar-refractivity contribution >= 4 is 34.0 Å². The highest BCUT2D eigenvalue weighted by Gasteiger charge is 2.22. The van der Waals surface area contributed by atoms with Crippen molar-refractivity contribution in [2.75, 3.05) is 13.1 Å². The summed E-state index contributed by atoms with van der Waals surface area (Å²) in [6, 6.07) is 11.6. The summed E-state index contributed by atoms with van der Waals surface area (Å²) in [5, 5.41) is 2.67. The van der Waals surface area contributed by atoms with Gasteiger partial charge >= 0.3 is 0 Å². The summed E-state index contributed by atoms with van der Waals surface area (Å²) in [5.74, 6) is 0.642. The van der Waals surface area contributed by atoms with Gasteiger partial charge in [0, 0.05) is 36.2 Å². The minimum absolute atomic E-state index is 0.120. The third kappa shape index (κ3) is 4.35. The topological polar surface area (TPSA) is 45.3 Å². The molecule has 146 valence electrons. The van der Waals surface area contributed by atoms with Crippen LogP contribution in [0.15, 0.2) is 47.4 Å². The summed E-state index contributed by atoms with van der Waals surface area (Å²) in [7, 11) is 0. The van der Waals surface area contributed by atoms with Gasteiger partial charge < -0.3 is 9.72 Å². The lowest BCUT2D eigenvalue weighted by Crippen LogP contribution is -2.37. The fraction of sp³-hybridized carbons (Fsp3) is 0.318. The number of H-pyrrole nitrogens is 1. The maximum atomic E-state index is 11.9. The van der Waals surface area contributed by atoms with Gasteiger partial charge in [-0.15, -0.1) is 0 Å². The van der Waals surface area contributed by atoms with Crippen LogP contribution >= 0.6 is 23.2 Å². The van der Waals surface area contributed by atoms with Gasteiger partial charge in [-0.25, -0.2) is 0 Å². The van der Waals surface area contributed by atoms with E-state index in [9.17, 15) is 4.79 Å². The molecule has 28 heavy (non-hydrogen) atoms. The maximum Gasteiger partial charge on any atom is 0.255 e. The Morgan fingerprint density at radius 3 is 2.68 bits per heavy atom. The van der Waals surface area contributed by atoms with Crippen LogP contribution in [0.5, 0.6) is 5.75 Å². The first-order valence-corrected chi connectivity index (χ1v) is 10.2. The molecule has 4 nitrogen and oxygen atoms in total. The highest BCUT2D eigenvalue weighted by atomic mass is 35.5. The number of fused-ring (bicyclic) bond motifs is 1. The molecule has 2 heterocycles. The zero-order valence-electron chi connectivity index (χ0n) is 15.7. The Bertz CT molecular complexity index is 1040. The number of piperidine rings is 1. The summed E-state index contributed by atoms with van der Waals surface area (Å²) in [6.45, 7) is 4.88. The van der Waals surface area contributed by atoms with Crippen LogP contribution < -0.4 is 10.3 Å². The summed E-state index contributed by atoms with van der Waals surface area (Å²) in [4.78, 5) is 17.0. The van der Waals surface area contributed by atoms with Gasteiger partial charge in [-0.2, -0.15) is 0 Å². The smallest absolute Gasteiger partial charge is 0.255 e. The minimum Gasteiger partial charge on any atom is -0.489 e. The number of benzene rings is 2. The van der Waals surface area contributed by atoms with Crippen molar-refractivity contribution in [1.29, 1.82) is 0 Å². The second-order valence-corrected chi connectivity index (χ2v) is 8.25. The van der Waals surface area contributed by atoms with Crippen molar-refractivity contribution in [2.45, 2.75) is 32.4 Å². The number of halogens is 2. The molecule has 4 rings (SSSR count). The van der Waals surface area contributed by atoms with Gasteiger partial charge in [-0.05, 0) is 66.6 Å². The Hall–Kier alpha value is -2.01. The van der Waals surface area contributed by atoms with Crippen molar-refractivity contribution in [3.63, 3.8) is 0 Å². The molecule has 0 radical (unpaired) electrons. The van der Waals surface area contributed by atoms with Crippen molar-refractivity contribution in [3.8, 4) is 5.75 Å². The van der Waals surface area contributed by atoms with E-state index in [0.29, 0.717) is 16.2 Å². The normalized spacial score (nSPS) is 15.8. The number of hydrogen-bond donors (Lipinski definition) is 1. The first kappa shape index (κ1) is 19.3. The summed E-state index contributed by atoms with van der Waals surface area (Å²) >= 11 is 12.5. The Labute approximate surface area is 174 Å². The van der Waals surface area contributed by atoms with Gasteiger partial charge in [0.25, 0.3) is 5.56 Å². The Balaban J connectivity index is 1.40. The number of ether oxygens (including phenoxy) is 1. The standard InChI is InChI=1S/C22H22Cl2N2O2/c1-14-8-15(10-17(23)9-14)13-26-6-3-18(4-7-26)28-21-11-16-2-5-25-22(27)19(16)12-20(21)24/h2,5,8-12,18H,3-4,6-7,13H2,1H3,(H,25,27). The third-order valence-electron chi connectivity index (χ3n) is 5.16. The monoisotopic (exact) mass is 416 g/mol. The summed E-state index contributed by atoms with van der Waals surface area (Å²) in [6.07, 6.45) is 3.62. The first-order chi connectivity index (χ1) is 13.5. The van der Waals surface area contributed by atoms with E-state index in [2.05, 4.69) is 22.9 Å². The molecule has 0 atom stereocenters.